The maximum atomic E-state index is 11.1. The molecule has 4 nitrogen and oxygen atoms in total. The van der Waals surface area contributed by atoms with E-state index in [4.69, 9.17) is 0 Å². The van der Waals surface area contributed by atoms with Crippen LogP contribution in [0.3, 0.4) is 0 Å². The second kappa shape index (κ2) is 4.72. The minimum absolute atomic E-state index is 0.381. The molecule has 1 heterocycles. The first-order valence-electron chi connectivity index (χ1n) is 6.61. The smallest absolute Gasteiger partial charge is 0.330 e. The lowest BCUT2D eigenvalue weighted by Crippen LogP contribution is -2.42. The van der Waals surface area contributed by atoms with Gasteiger partial charge in [0, 0.05) is 6.08 Å². The van der Waals surface area contributed by atoms with Crippen molar-refractivity contribution < 1.29 is 14.7 Å². The van der Waals surface area contributed by atoms with Gasteiger partial charge in [-0.3, -0.25) is 0 Å². The number of fused-ring (bicyclic) bond motifs is 1. The van der Waals surface area contributed by atoms with Crippen molar-refractivity contribution in [3.8, 4) is 0 Å². The van der Waals surface area contributed by atoms with Crippen LogP contribution in [-0.4, -0.2) is 23.3 Å². The fourth-order valence-electron chi connectivity index (χ4n) is 2.86. The van der Waals surface area contributed by atoms with E-state index in [1.54, 1.807) is 6.08 Å². The fourth-order valence-corrected chi connectivity index (χ4v) is 2.86. The number of benzene rings is 1. The van der Waals surface area contributed by atoms with E-state index >= 15 is 0 Å². The number of carbonyl (C=O) groups excluding carboxylic acids is 1. The van der Waals surface area contributed by atoms with E-state index in [-0.39, 0.29) is 5.97 Å². The van der Waals surface area contributed by atoms with Gasteiger partial charge in [0.1, 0.15) is 0 Å². The number of carbonyl (C=O) groups is 1. The van der Waals surface area contributed by atoms with E-state index in [9.17, 15) is 10.0 Å². The van der Waals surface area contributed by atoms with Gasteiger partial charge in [0.2, 0.25) is 0 Å². The van der Waals surface area contributed by atoms with Crippen molar-refractivity contribution in [3.05, 3.63) is 41.0 Å². The molecule has 0 radical (unpaired) electrons. The van der Waals surface area contributed by atoms with E-state index in [0.717, 1.165) is 16.7 Å². The fraction of sp³-hybridized carbons (Fsp3) is 0.438. The number of hydroxylamine groups is 2. The molecule has 20 heavy (non-hydrogen) atoms. The standard InChI is InChI=1S/C16H21NO3/c1-15(2)12-8-6-11(7-9-14(18)20-5)10-13(12)16(3,4)17(15)19/h6-10,19H,1-5H3. The summed E-state index contributed by atoms with van der Waals surface area (Å²) in [6, 6.07) is 5.95. The van der Waals surface area contributed by atoms with E-state index in [0.29, 0.717) is 0 Å². The summed E-state index contributed by atoms with van der Waals surface area (Å²) in [6.45, 7) is 7.94. The molecule has 0 fully saturated rings. The Morgan fingerprint density at radius 1 is 1.20 bits per heavy atom. The van der Waals surface area contributed by atoms with Gasteiger partial charge in [0.05, 0.1) is 18.2 Å². The Labute approximate surface area is 119 Å². The molecule has 2 rings (SSSR count). The molecule has 1 aromatic carbocycles. The van der Waals surface area contributed by atoms with Gasteiger partial charge < -0.3 is 9.94 Å². The van der Waals surface area contributed by atoms with Gasteiger partial charge in [0.15, 0.2) is 0 Å². The van der Waals surface area contributed by atoms with E-state index < -0.39 is 11.1 Å². The van der Waals surface area contributed by atoms with Crippen molar-refractivity contribution in [1.29, 1.82) is 0 Å². The molecule has 0 spiro atoms. The highest BCUT2D eigenvalue weighted by Gasteiger charge is 2.48. The molecule has 1 aliphatic heterocycles. The van der Waals surface area contributed by atoms with Crippen molar-refractivity contribution in [1.82, 2.24) is 5.06 Å². The predicted molar refractivity (Wildman–Crippen MR) is 77.2 cm³/mol. The third-order valence-corrected chi connectivity index (χ3v) is 4.03. The maximum Gasteiger partial charge on any atom is 0.330 e. The topological polar surface area (TPSA) is 49.8 Å². The summed E-state index contributed by atoms with van der Waals surface area (Å²) in [4.78, 5) is 11.1. The molecule has 108 valence electrons. The van der Waals surface area contributed by atoms with Gasteiger partial charge >= 0.3 is 5.97 Å². The third-order valence-electron chi connectivity index (χ3n) is 4.03. The van der Waals surface area contributed by atoms with Gasteiger partial charge in [-0.05, 0) is 56.5 Å². The number of hydrogen-bond acceptors (Lipinski definition) is 4. The van der Waals surface area contributed by atoms with Crippen LogP contribution < -0.4 is 0 Å². The van der Waals surface area contributed by atoms with E-state index in [1.165, 1.54) is 18.2 Å². The van der Waals surface area contributed by atoms with Crippen molar-refractivity contribution in [3.63, 3.8) is 0 Å². The zero-order valence-electron chi connectivity index (χ0n) is 12.6. The lowest BCUT2D eigenvalue weighted by molar-refractivity contribution is -0.216. The zero-order chi connectivity index (χ0) is 15.1. The van der Waals surface area contributed by atoms with Crippen molar-refractivity contribution >= 4 is 12.0 Å². The zero-order valence-corrected chi connectivity index (χ0v) is 12.6. The first-order valence-corrected chi connectivity index (χ1v) is 6.61. The summed E-state index contributed by atoms with van der Waals surface area (Å²) in [5.41, 5.74) is 2.18. The van der Waals surface area contributed by atoms with Crippen LogP contribution in [0.15, 0.2) is 24.3 Å². The number of methoxy groups -OCH3 is 1. The van der Waals surface area contributed by atoms with Crippen LogP contribution in [-0.2, 0) is 20.6 Å². The Morgan fingerprint density at radius 3 is 2.40 bits per heavy atom. The monoisotopic (exact) mass is 275 g/mol. The Morgan fingerprint density at radius 2 is 1.80 bits per heavy atom. The highest BCUT2D eigenvalue weighted by atomic mass is 16.5. The molecule has 1 N–H and O–H groups in total. The Hall–Kier alpha value is -1.65. The first kappa shape index (κ1) is 14.8. The number of ether oxygens (including phenoxy) is 1. The average molecular weight is 275 g/mol. The molecule has 0 atom stereocenters. The second-order valence-electron chi connectivity index (χ2n) is 6.09. The molecule has 0 aliphatic carbocycles. The SMILES string of the molecule is COC(=O)C=Cc1ccc2c(c1)C(C)(C)N(O)C2(C)C. The number of hydrogen-bond donors (Lipinski definition) is 1. The minimum Gasteiger partial charge on any atom is -0.466 e. The summed E-state index contributed by atoms with van der Waals surface area (Å²) in [5, 5.41) is 11.8. The molecular formula is C16H21NO3. The molecule has 0 bridgehead atoms. The molecule has 4 heteroatoms. The Balaban J connectivity index is 2.46. The van der Waals surface area contributed by atoms with Crippen LogP contribution in [0.2, 0.25) is 0 Å². The van der Waals surface area contributed by atoms with Crippen molar-refractivity contribution in [2.75, 3.05) is 7.11 Å². The van der Waals surface area contributed by atoms with Crippen LogP contribution in [0, 0.1) is 0 Å². The van der Waals surface area contributed by atoms with Crippen LogP contribution in [0.1, 0.15) is 44.4 Å². The summed E-state index contributed by atoms with van der Waals surface area (Å²) < 4.78 is 4.58. The molecular weight excluding hydrogens is 254 g/mol. The van der Waals surface area contributed by atoms with Crippen LogP contribution in [0.4, 0.5) is 0 Å². The quantitative estimate of drug-likeness (QED) is 0.665. The van der Waals surface area contributed by atoms with E-state index in [2.05, 4.69) is 4.74 Å². The van der Waals surface area contributed by atoms with Gasteiger partial charge in [0.25, 0.3) is 0 Å². The number of esters is 1. The molecule has 0 saturated heterocycles. The number of nitrogens with zero attached hydrogens (tertiary/aromatic N) is 1. The summed E-state index contributed by atoms with van der Waals surface area (Å²) in [5.74, 6) is -0.381. The van der Waals surface area contributed by atoms with Crippen LogP contribution in [0.5, 0.6) is 0 Å². The Kier molecular flexibility index (Phi) is 3.48. The predicted octanol–water partition coefficient (Wildman–Crippen LogP) is 3.05. The summed E-state index contributed by atoms with van der Waals surface area (Å²) in [7, 11) is 1.35. The van der Waals surface area contributed by atoms with Gasteiger partial charge in [-0.1, -0.05) is 12.1 Å². The largest absolute Gasteiger partial charge is 0.466 e. The lowest BCUT2D eigenvalue weighted by Gasteiger charge is -2.34. The Bertz CT molecular complexity index is 573. The molecule has 0 unspecified atom stereocenters. The van der Waals surface area contributed by atoms with Gasteiger partial charge in [-0.25, -0.2) is 4.79 Å². The summed E-state index contributed by atoms with van der Waals surface area (Å²) >= 11 is 0. The third kappa shape index (κ3) is 2.15. The first-order chi connectivity index (χ1) is 9.21. The highest BCUT2D eigenvalue weighted by Crippen LogP contribution is 2.48. The van der Waals surface area contributed by atoms with Crippen LogP contribution in [0.25, 0.3) is 6.08 Å². The van der Waals surface area contributed by atoms with Gasteiger partial charge in [-0.15, -0.1) is 0 Å². The van der Waals surface area contributed by atoms with Crippen molar-refractivity contribution in [2.45, 2.75) is 38.8 Å². The average Bonchev–Trinajstić information content (AvgIpc) is 2.55. The highest BCUT2D eigenvalue weighted by molar-refractivity contribution is 5.87. The lowest BCUT2D eigenvalue weighted by atomic mass is 9.89. The molecule has 0 amide bonds. The van der Waals surface area contributed by atoms with E-state index in [1.807, 2.05) is 45.9 Å². The minimum atomic E-state index is -0.464. The number of rotatable bonds is 2. The molecule has 0 aromatic heterocycles. The second-order valence-corrected chi connectivity index (χ2v) is 6.09. The normalized spacial score (nSPS) is 20.1. The maximum absolute atomic E-state index is 11.1. The molecule has 0 saturated carbocycles. The summed E-state index contributed by atoms with van der Waals surface area (Å²) in [6.07, 6.45) is 3.11. The molecule has 1 aliphatic rings. The van der Waals surface area contributed by atoms with Crippen LogP contribution >= 0.6 is 0 Å². The molecule has 1 aromatic rings. The van der Waals surface area contributed by atoms with Gasteiger partial charge in [-0.2, -0.15) is 5.06 Å². The van der Waals surface area contributed by atoms with Crippen molar-refractivity contribution in [2.24, 2.45) is 0 Å².